The van der Waals surface area contributed by atoms with Crippen molar-refractivity contribution in [2.24, 2.45) is 17.6 Å². The number of phenols is 1. The molecule has 0 unspecified atom stereocenters. The quantitative estimate of drug-likeness (QED) is 0.119. The number of carbonyl (C=O) groups excluding carboxylic acids is 4. The molecule has 352 valence electrons. The van der Waals surface area contributed by atoms with Crippen molar-refractivity contribution >= 4 is 78.4 Å². The van der Waals surface area contributed by atoms with Crippen LogP contribution in [0.25, 0.3) is 49.4 Å². The molecule has 6 aromatic rings. The molecule has 8 N–H and O–H groups in total. The first-order chi connectivity index (χ1) is 32.4. The van der Waals surface area contributed by atoms with Crippen LogP contribution in [-0.4, -0.2) is 124 Å². The van der Waals surface area contributed by atoms with Gasteiger partial charge in [0.05, 0.1) is 39.2 Å². The highest BCUT2D eigenvalue weighted by atomic mass is 16.6. The Morgan fingerprint density at radius 3 is 2.24 bits per heavy atom. The summed E-state index contributed by atoms with van der Waals surface area (Å²) in [5, 5.41) is 54.9. The number of phenolic OH excluding ortho intramolecular Hbond substituents is 1. The number of fused-ring (bicyclic) bond motifs is 16. The van der Waals surface area contributed by atoms with Crippen LogP contribution in [0.4, 0.5) is 5.69 Å². The summed E-state index contributed by atoms with van der Waals surface area (Å²) >= 11 is 0. The average Bonchev–Trinajstić information content (AvgIpc) is 3.95. The number of carbonyl (C=O) groups is 4. The fraction of sp³-hybridized carbons (Fsp3) is 0.373. The minimum absolute atomic E-state index is 0.00357. The van der Waals surface area contributed by atoms with Crippen LogP contribution in [0.2, 0.25) is 0 Å². The molecule has 5 heterocycles. The third-order valence-electron chi connectivity index (χ3n) is 15.7. The van der Waals surface area contributed by atoms with E-state index in [0.717, 1.165) is 66.8 Å². The number of Topliss-reactive ketones (excluding diaryl/α,β-unsaturated/α-hetero) is 2. The number of nitrogens with one attached hydrogen (secondary N) is 2. The molecule has 1 saturated carbocycles. The Bertz CT molecular complexity index is 3350. The molecular weight excluding hydrogens is 871 g/mol. The van der Waals surface area contributed by atoms with Gasteiger partial charge in [-0.1, -0.05) is 36.4 Å². The minimum Gasteiger partial charge on any atom is -0.508 e. The first-order valence-electron chi connectivity index (χ1n) is 22.8. The number of para-hydroxylation sites is 2. The Kier molecular flexibility index (Phi) is 9.57. The van der Waals surface area contributed by atoms with Crippen molar-refractivity contribution < 1.29 is 49.1 Å². The number of aliphatic hydroxyl groups is 3. The minimum atomic E-state index is -2.63. The average molecular weight is 924 g/mol. The molecule has 17 heteroatoms. The maximum absolute atomic E-state index is 13.7. The summed E-state index contributed by atoms with van der Waals surface area (Å²) in [6.45, 7) is 2.68. The van der Waals surface area contributed by atoms with Gasteiger partial charge in [0, 0.05) is 78.9 Å². The van der Waals surface area contributed by atoms with Crippen LogP contribution >= 0.6 is 0 Å². The number of hydrogen-bond acceptors (Lipinski definition) is 13. The number of rotatable bonds is 5. The molecule has 12 rings (SSSR count). The van der Waals surface area contributed by atoms with Gasteiger partial charge in [0.25, 0.3) is 11.8 Å². The van der Waals surface area contributed by atoms with Gasteiger partial charge in [-0.05, 0) is 82.2 Å². The number of methoxy groups -OCH3 is 1. The number of aromatic nitrogens is 2. The van der Waals surface area contributed by atoms with E-state index >= 15 is 0 Å². The fourth-order valence-electron chi connectivity index (χ4n) is 13.0. The lowest BCUT2D eigenvalue weighted by atomic mass is 9.57. The number of aliphatic hydroxyl groups excluding tert-OH is 2. The van der Waals surface area contributed by atoms with Crippen molar-refractivity contribution in [3.05, 3.63) is 99.8 Å². The van der Waals surface area contributed by atoms with Gasteiger partial charge in [-0.15, -0.1) is 0 Å². The molecule has 2 amide bonds. The Hall–Kier alpha value is -6.76. The van der Waals surface area contributed by atoms with Crippen LogP contribution in [0, 0.1) is 11.8 Å². The molecule has 2 bridgehead atoms. The zero-order valence-corrected chi connectivity index (χ0v) is 38.7. The van der Waals surface area contributed by atoms with E-state index in [9.17, 15) is 39.6 Å². The van der Waals surface area contributed by atoms with E-state index in [4.69, 9.17) is 15.2 Å². The molecule has 68 heavy (non-hydrogen) atoms. The number of amides is 2. The van der Waals surface area contributed by atoms with Crippen molar-refractivity contribution in [2.45, 2.75) is 68.5 Å². The zero-order chi connectivity index (χ0) is 48.2. The van der Waals surface area contributed by atoms with Gasteiger partial charge in [0.1, 0.15) is 35.2 Å². The number of anilines is 1. The fourth-order valence-corrected chi connectivity index (χ4v) is 13.0. The molecular formula is C51H53N7O10. The molecule has 1 saturated heterocycles. The summed E-state index contributed by atoms with van der Waals surface area (Å²) in [7, 11) is 10.5. The Morgan fingerprint density at radius 2 is 1.59 bits per heavy atom. The van der Waals surface area contributed by atoms with Crippen molar-refractivity contribution in [1.29, 1.82) is 0 Å². The lowest BCUT2D eigenvalue weighted by Gasteiger charge is -2.50. The first kappa shape index (κ1) is 43.8. The monoisotopic (exact) mass is 923 g/mol. The summed E-state index contributed by atoms with van der Waals surface area (Å²) in [5.74, 6) is -6.54. The van der Waals surface area contributed by atoms with Gasteiger partial charge in [0.15, 0.2) is 17.1 Å². The summed E-state index contributed by atoms with van der Waals surface area (Å²) in [4.78, 5) is 55.3. The largest absolute Gasteiger partial charge is 0.508 e. The van der Waals surface area contributed by atoms with E-state index in [1.165, 1.54) is 11.0 Å². The van der Waals surface area contributed by atoms with Crippen molar-refractivity contribution in [3.8, 4) is 5.75 Å². The van der Waals surface area contributed by atoms with Crippen LogP contribution in [0.3, 0.4) is 0 Å². The summed E-state index contributed by atoms with van der Waals surface area (Å²) < 4.78 is 18.0. The van der Waals surface area contributed by atoms with Crippen LogP contribution in [0.5, 0.6) is 5.75 Å². The van der Waals surface area contributed by atoms with Crippen LogP contribution in [0.1, 0.15) is 53.0 Å². The molecule has 0 radical (unpaired) electrons. The highest BCUT2D eigenvalue weighted by molar-refractivity contribution is 6.31. The number of nitrogens with two attached hydrogens (primary N) is 1. The maximum Gasteiger partial charge on any atom is 0.255 e. The maximum atomic E-state index is 13.7. The molecule has 3 aliphatic carbocycles. The molecule has 6 aliphatic rings. The van der Waals surface area contributed by atoms with Crippen molar-refractivity contribution in [3.63, 3.8) is 0 Å². The lowest BCUT2D eigenvalue weighted by molar-refractivity contribution is -0.256. The number of benzene rings is 4. The molecule has 4 aromatic carbocycles. The smallest absolute Gasteiger partial charge is 0.255 e. The number of primary amides is 1. The van der Waals surface area contributed by atoms with Crippen LogP contribution in [-0.2, 0) is 42.5 Å². The van der Waals surface area contributed by atoms with E-state index < -0.39 is 63.8 Å². The Balaban J connectivity index is 0.000000150. The van der Waals surface area contributed by atoms with Crippen molar-refractivity contribution in [1.82, 2.24) is 24.7 Å². The highest BCUT2D eigenvalue weighted by Gasteiger charge is 2.64. The van der Waals surface area contributed by atoms with Crippen LogP contribution in [0.15, 0.2) is 77.6 Å². The number of ether oxygens (including phenoxy) is 2. The second-order valence-corrected chi connectivity index (χ2v) is 19.5. The number of hydrogen-bond donors (Lipinski definition) is 7. The highest BCUT2D eigenvalue weighted by Crippen LogP contribution is 2.56. The topological polar surface area (TPSA) is 234 Å². The second-order valence-electron chi connectivity index (χ2n) is 19.5. The van der Waals surface area contributed by atoms with Crippen LogP contribution < -0.4 is 21.3 Å². The Morgan fingerprint density at radius 1 is 0.912 bits per heavy atom. The zero-order valence-electron chi connectivity index (χ0n) is 38.7. The second kappa shape index (κ2) is 14.9. The molecule has 8 atom stereocenters. The normalized spacial score (nSPS) is 28.2. The standard InChI is InChI=1S/C28H26N4O3.C23H27N3O7/c1-28-26(34-3)17(29-2)12-20(35-28)31-18-10-6-4-8-14(18)22-23-16(13-30-27(23)33)21-15-9-5-7-11-19(15)32(28)25(21)24(22)31;1-25(2)12-5-6-13(27)15-10(12)7-9-8-11-17(26(3)4)19(29)16(22(24)32)21(31)23(11,33)20(30)14(9)18(15)28/h4-11,17,20,26,29H,12-13H2,1-3H3,(H,30,33);5-6,9,11,17,27-28,31,33H,7-8H2,1-4H3,(H2,24,32)/t17-,20-,26-,28+;9-,11-,17-,23-/m00/s1. The molecule has 2 aromatic heterocycles. The Labute approximate surface area is 390 Å². The summed E-state index contributed by atoms with van der Waals surface area (Å²) in [5.41, 5.74) is 8.66. The number of ketones is 2. The predicted molar refractivity (Wildman–Crippen MR) is 254 cm³/mol. The molecule has 3 aliphatic heterocycles. The van der Waals surface area contributed by atoms with E-state index in [-0.39, 0.29) is 54.0 Å². The first-order valence-corrected chi connectivity index (χ1v) is 22.8. The molecule has 0 spiro atoms. The SMILES string of the molecule is CN(C)c1ccc(O)c2c1C[C@H]1C[C@H]3[C@H](N(C)C)C(=O)C(C(N)=O)=C(O)[C@@]3(O)C(=O)C1=C2O.CN[C@H]1C[C@@H]2O[C@](C)([C@H]1OC)n1c3ccccc3c3c4c(c5c6ccccc6n2c5c31)C(=O)NC4. The number of nitrogens with zero attached hydrogens (tertiary/aromatic N) is 4. The van der Waals surface area contributed by atoms with Gasteiger partial charge < -0.3 is 60.3 Å². The lowest BCUT2D eigenvalue weighted by Crippen LogP contribution is -2.65. The molecule has 2 fully saturated rings. The molecule has 17 nitrogen and oxygen atoms in total. The van der Waals surface area contributed by atoms with E-state index in [1.807, 2.05) is 26.0 Å². The van der Waals surface area contributed by atoms with E-state index in [0.29, 0.717) is 12.1 Å². The number of aromatic hydroxyl groups is 1. The van der Waals surface area contributed by atoms with Gasteiger partial charge in [-0.3, -0.25) is 24.1 Å². The van der Waals surface area contributed by atoms with Gasteiger partial charge >= 0.3 is 0 Å². The van der Waals surface area contributed by atoms with E-state index in [2.05, 4.69) is 75.2 Å². The van der Waals surface area contributed by atoms with E-state index in [1.54, 1.807) is 27.3 Å². The summed E-state index contributed by atoms with van der Waals surface area (Å²) in [6, 6.07) is 19.0. The third-order valence-corrected chi connectivity index (χ3v) is 15.7. The number of likely N-dealkylation sites (N-methyl/N-ethyl adjacent to an activating group) is 2. The van der Waals surface area contributed by atoms with Gasteiger partial charge in [-0.25, -0.2) is 0 Å². The predicted octanol–water partition coefficient (Wildman–Crippen LogP) is 4.38. The van der Waals surface area contributed by atoms with Gasteiger partial charge in [0.2, 0.25) is 5.78 Å². The summed E-state index contributed by atoms with van der Waals surface area (Å²) in [6.07, 6.45) is 0.661. The van der Waals surface area contributed by atoms with Crippen molar-refractivity contribution in [2.75, 3.05) is 47.2 Å². The van der Waals surface area contributed by atoms with Gasteiger partial charge in [-0.2, -0.15) is 0 Å². The third kappa shape index (κ3) is 5.44.